The maximum absolute atomic E-state index is 10.3. The van der Waals surface area contributed by atoms with Gasteiger partial charge in [-0.1, -0.05) is 12.1 Å². The van der Waals surface area contributed by atoms with E-state index in [4.69, 9.17) is 4.74 Å². The minimum Gasteiger partial charge on any atom is -0.495 e. The van der Waals surface area contributed by atoms with Crippen molar-refractivity contribution >= 4 is 15.9 Å². The molecule has 0 saturated carbocycles. The number of nitrogens with one attached hydrogen (secondary N) is 1. The molecule has 1 aromatic rings. The Bertz CT molecular complexity index is 375. The minimum atomic E-state index is -0.631. The molecule has 1 unspecified atom stereocenters. The van der Waals surface area contributed by atoms with Gasteiger partial charge in [0.25, 0.3) is 0 Å². The van der Waals surface area contributed by atoms with Crippen LogP contribution in [0.1, 0.15) is 12.0 Å². The highest BCUT2D eigenvalue weighted by molar-refractivity contribution is 9.10. The summed E-state index contributed by atoms with van der Waals surface area (Å²) in [6.07, 6.45) is 1.42. The lowest BCUT2D eigenvalue weighted by atomic mass is 9.93. The lowest BCUT2D eigenvalue weighted by Gasteiger charge is -2.22. The highest BCUT2D eigenvalue weighted by Gasteiger charge is 2.32. The van der Waals surface area contributed by atoms with Crippen LogP contribution in [0, 0.1) is 0 Å². The van der Waals surface area contributed by atoms with Crippen LogP contribution in [0.15, 0.2) is 22.7 Å². The molecule has 0 radical (unpaired) electrons. The number of aliphatic hydroxyl groups is 1. The zero-order valence-corrected chi connectivity index (χ0v) is 10.9. The van der Waals surface area contributed by atoms with E-state index in [1.165, 1.54) is 0 Å². The number of ether oxygens (including phenoxy) is 1. The van der Waals surface area contributed by atoms with Gasteiger partial charge >= 0.3 is 0 Å². The molecule has 1 atom stereocenters. The van der Waals surface area contributed by atoms with E-state index in [-0.39, 0.29) is 0 Å². The van der Waals surface area contributed by atoms with Gasteiger partial charge in [-0.15, -0.1) is 0 Å². The summed E-state index contributed by atoms with van der Waals surface area (Å²) in [5, 5.41) is 13.5. The summed E-state index contributed by atoms with van der Waals surface area (Å²) in [6, 6.07) is 5.91. The standard InChI is InChI=1S/C12H16BrNO2/c1-16-11-9(3-2-4-10(11)13)7-12(15)5-6-14-8-12/h2-4,14-15H,5-8H2,1H3. The molecule has 3 nitrogen and oxygen atoms in total. The van der Waals surface area contributed by atoms with Crippen molar-refractivity contribution in [3.8, 4) is 5.75 Å². The molecule has 88 valence electrons. The van der Waals surface area contributed by atoms with Gasteiger partial charge in [0.2, 0.25) is 0 Å². The number of para-hydroxylation sites is 1. The summed E-state index contributed by atoms with van der Waals surface area (Å²) in [4.78, 5) is 0. The Labute approximate surface area is 104 Å². The van der Waals surface area contributed by atoms with Gasteiger partial charge in [0, 0.05) is 13.0 Å². The fraction of sp³-hybridized carbons (Fsp3) is 0.500. The van der Waals surface area contributed by atoms with Crippen LogP contribution >= 0.6 is 15.9 Å². The van der Waals surface area contributed by atoms with Crippen LogP contribution in [0.5, 0.6) is 5.75 Å². The van der Waals surface area contributed by atoms with Crippen LogP contribution in [0.4, 0.5) is 0 Å². The molecule has 0 bridgehead atoms. The summed E-state index contributed by atoms with van der Waals surface area (Å²) in [5.74, 6) is 0.822. The Hall–Kier alpha value is -0.580. The molecule has 1 saturated heterocycles. The normalized spacial score (nSPS) is 24.7. The second-order valence-electron chi connectivity index (χ2n) is 4.26. The Kier molecular flexibility index (Phi) is 3.52. The van der Waals surface area contributed by atoms with E-state index in [9.17, 15) is 5.11 Å². The average Bonchev–Trinajstić information content (AvgIpc) is 2.65. The number of hydrogen-bond donors (Lipinski definition) is 2. The van der Waals surface area contributed by atoms with Crippen LogP contribution in [0.25, 0.3) is 0 Å². The molecule has 0 aromatic heterocycles. The summed E-state index contributed by atoms with van der Waals surface area (Å²) < 4.78 is 6.29. The van der Waals surface area contributed by atoms with Crippen molar-refractivity contribution in [2.24, 2.45) is 0 Å². The van der Waals surface area contributed by atoms with Gasteiger partial charge in [-0.25, -0.2) is 0 Å². The predicted octanol–water partition coefficient (Wildman–Crippen LogP) is 1.72. The van der Waals surface area contributed by atoms with Crippen molar-refractivity contribution in [2.45, 2.75) is 18.4 Å². The molecule has 1 fully saturated rings. The molecular weight excluding hydrogens is 270 g/mol. The van der Waals surface area contributed by atoms with Gasteiger partial charge in [0.05, 0.1) is 17.2 Å². The van der Waals surface area contributed by atoms with Gasteiger partial charge in [-0.2, -0.15) is 0 Å². The fourth-order valence-electron chi connectivity index (χ4n) is 2.16. The van der Waals surface area contributed by atoms with E-state index in [0.717, 1.165) is 28.8 Å². The van der Waals surface area contributed by atoms with Gasteiger partial charge in [-0.05, 0) is 40.5 Å². The fourth-order valence-corrected chi connectivity index (χ4v) is 2.73. The first-order valence-electron chi connectivity index (χ1n) is 5.39. The van der Waals surface area contributed by atoms with Crippen LogP contribution in [-0.4, -0.2) is 30.9 Å². The summed E-state index contributed by atoms with van der Waals surface area (Å²) in [5.41, 5.74) is 0.414. The van der Waals surface area contributed by atoms with E-state index in [1.54, 1.807) is 7.11 Å². The van der Waals surface area contributed by atoms with Crippen molar-refractivity contribution in [2.75, 3.05) is 20.2 Å². The molecule has 16 heavy (non-hydrogen) atoms. The summed E-state index contributed by atoms with van der Waals surface area (Å²) in [7, 11) is 1.65. The number of β-amino-alcohol motifs (C(OH)–C–C–N with tert-alkyl or cyclic N) is 1. The number of halogens is 1. The zero-order chi connectivity index (χ0) is 11.6. The minimum absolute atomic E-state index is 0.628. The Balaban J connectivity index is 2.23. The smallest absolute Gasteiger partial charge is 0.136 e. The van der Waals surface area contributed by atoms with E-state index >= 15 is 0 Å². The van der Waals surface area contributed by atoms with Gasteiger partial charge < -0.3 is 15.2 Å². The molecule has 2 N–H and O–H groups in total. The predicted molar refractivity (Wildman–Crippen MR) is 66.8 cm³/mol. The van der Waals surface area contributed by atoms with Crippen molar-refractivity contribution in [1.82, 2.24) is 5.32 Å². The monoisotopic (exact) mass is 285 g/mol. The third kappa shape index (κ3) is 2.39. The lowest BCUT2D eigenvalue weighted by Crippen LogP contribution is -2.33. The Morgan fingerprint density at radius 2 is 2.38 bits per heavy atom. The number of rotatable bonds is 3. The molecule has 1 heterocycles. The van der Waals surface area contributed by atoms with E-state index in [2.05, 4.69) is 21.2 Å². The van der Waals surface area contributed by atoms with Crippen molar-refractivity contribution < 1.29 is 9.84 Å². The third-order valence-electron chi connectivity index (χ3n) is 2.99. The van der Waals surface area contributed by atoms with Crippen molar-refractivity contribution in [3.63, 3.8) is 0 Å². The van der Waals surface area contributed by atoms with Gasteiger partial charge in [0.15, 0.2) is 0 Å². The maximum Gasteiger partial charge on any atom is 0.136 e. The molecule has 2 rings (SSSR count). The molecule has 1 aliphatic rings. The molecular formula is C12H16BrNO2. The van der Waals surface area contributed by atoms with Crippen LogP contribution in [0.3, 0.4) is 0 Å². The molecule has 0 amide bonds. The largest absolute Gasteiger partial charge is 0.495 e. The lowest BCUT2D eigenvalue weighted by molar-refractivity contribution is 0.0612. The molecule has 0 spiro atoms. The van der Waals surface area contributed by atoms with Crippen molar-refractivity contribution in [3.05, 3.63) is 28.2 Å². The van der Waals surface area contributed by atoms with E-state index in [1.807, 2.05) is 18.2 Å². The zero-order valence-electron chi connectivity index (χ0n) is 9.29. The summed E-state index contributed by atoms with van der Waals surface area (Å²) >= 11 is 3.45. The first-order valence-corrected chi connectivity index (χ1v) is 6.18. The van der Waals surface area contributed by atoms with Crippen LogP contribution < -0.4 is 10.1 Å². The Morgan fingerprint density at radius 3 is 3.00 bits per heavy atom. The second kappa shape index (κ2) is 4.73. The van der Waals surface area contributed by atoms with Crippen LogP contribution in [-0.2, 0) is 6.42 Å². The number of hydrogen-bond acceptors (Lipinski definition) is 3. The molecule has 0 aliphatic carbocycles. The second-order valence-corrected chi connectivity index (χ2v) is 5.11. The van der Waals surface area contributed by atoms with Gasteiger partial charge in [0.1, 0.15) is 5.75 Å². The van der Waals surface area contributed by atoms with E-state index < -0.39 is 5.60 Å². The van der Waals surface area contributed by atoms with Crippen LogP contribution in [0.2, 0.25) is 0 Å². The number of benzene rings is 1. The molecule has 1 aliphatic heterocycles. The van der Waals surface area contributed by atoms with Crippen molar-refractivity contribution in [1.29, 1.82) is 0 Å². The average molecular weight is 286 g/mol. The molecule has 4 heteroatoms. The first-order chi connectivity index (χ1) is 7.64. The first kappa shape index (κ1) is 11.9. The SMILES string of the molecule is COc1c(Br)cccc1CC1(O)CCNC1. The maximum atomic E-state index is 10.3. The quantitative estimate of drug-likeness (QED) is 0.889. The Morgan fingerprint density at radius 1 is 1.56 bits per heavy atom. The number of methoxy groups -OCH3 is 1. The molecule has 1 aromatic carbocycles. The highest BCUT2D eigenvalue weighted by Crippen LogP contribution is 2.32. The summed E-state index contributed by atoms with van der Waals surface area (Å²) in [6.45, 7) is 1.54. The van der Waals surface area contributed by atoms with E-state index in [0.29, 0.717) is 13.0 Å². The highest BCUT2D eigenvalue weighted by atomic mass is 79.9. The third-order valence-corrected chi connectivity index (χ3v) is 3.62. The van der Waals surface area contributed by atoms with Gasteiger partial charge in [-0.3, -0.25) is 0 Å². The topological polar surface area (TPSA) is 41.5 Å².